The van der Waals surface area contributed by atoms with E-state index in [9.17, 15) is 8.42 Å². The smallest absolute Gasteiger partial charge is 0.209 e. The predicted octanol–water partition coefficient (Wildman–Crippen LogP) is 5.21. The lowest BCUT2D eigenvalue weighted by Gasteiger charge is -2.19. The van der Waals surface area contributed by atoms with Gasteiger partial charge in [-0.1, -0.05) is 61.0 Å². The maximum atomic E-state index is 11.2. The fourth-order valence-electron chi connectivity index (χ4n) is 2.90. The van der Waals surface area contributed by atoms with Crippen LogP contribution in [0.1, 0.15) is 31.9 Å². The molecule has 0 saturated heterocycles. The minimum Gasteiger partial charge on any atom is -0.463 e. The van der Waals surface area contributed by atoms with Crippen molar-refractivity contribution in [2.24, 2.45) is 0 Å². The van der Waals surface area contributed by atoms with Gasteiger partial charge in [-0.2, -0.15) is 0 Å². The molecule has 0 saturated carbocycles. The van der Waals surface area contributed by atoms with E-state index in [1.807, 2.05) is 24.3 Å². The Balaban J connectivity index is 2.00. The second kappa shape index (κ2) is 6.83. The first kappa shape index (κ1) is 19.1. The highest BCUT2D eigenvalue weighted by atomic mass is 79.9. The molecule has 0 unspecified atom stereocenters. The van der Waals surface area contributed by atoms with E-state index in [-0.39, 0.29) is 12.0 Å². The van der Waals surface area contributed by atoms with E-state index >= 15 is 0 Å². The van der Waals surface area contributed by atoms with Crippen molar-refractivity contribution in [2.75, 3.05) is 6.26 Å². The van der Waals surface area contributed by atoms with Crippen LogP contribution in [0.5, 0.6) is 0 Å². The van der Waals surface area contributed by atoms with Gasteiger partial charge in [-0.05, 0) is 28.7 Å². The lowest BCUT2D eigenvalue weighted by Crippen LogP contribution is -2.21. The van der Waals surface area contributed by atoms with Crippen LogP contribution in [0, 0.1) is 0 Å². The van der Waals surface area contributed by atoms with Crippen LogP contribution in [0.15, 0.2) is 51.6 Å². The quantitative estimate of drug-likeness (QED) is 0.611. The number of benzene rings is 2. The highest BCUT2D eigenvalue weighted by Gasteiger charge is 2.21. The first-order valence-corrected chi connectivity index (χ1v) is 11.0. The SMILES string of the molecule is CC(C)(C)c1cc(Br)cc2c(-c3ccc(CNS(C)(=O)=O)cc3)coc12. The molecule has 0 amide bonds. The lowest BCUT2D eigenvalue weighted by atomic mass is 9.85. The molecule has 3 aromatic rings. The standard InChI is InChI=1S/C20H22BrNO3S/c1-20(2,3)18-10-15(21)9-16-17(12-25-19(16)18)14-7-5-13(6-8-14)11-22-26(4,23)24/h5-10,12,22H,11H2,1-4H3. The first-order valence-electron chi connectivity index (χ1n) is 8.30. The van der Waals surface area contributed by atoms with E-state index in [0.717, 1.165) is 44.0 Å². The van der Waals surface area contributed by atoms with Crippen LogP contribution in [0.4, 0.5) is 0 Å². The number of halogens is 1. The van der Waals surface area contributed by atoms with Crippen molar-refractivity contribution >= 4 is 36.9 Å². The number of furan rings is 1. The third kappa shape index (κ3) is 4.19. The van der Waals surface area contributed by atoms with Crippen molar-refractivity contribution in [3.63, 3.8) is 0 Å². The second-order valence-corrected chi connectivity index (χ2v) is 10.3. The number of rotatable bonds is 4. The summed E-state index contributed by atoms with van der Waals surface area (Å²) in [4.78, 5) is 0. The third-order valence-corrected chi connectivity index (χ3v) is 5.38. The maximum absolute atomic E-state index is 11.2. The van der Waals surface area contributed by atoms with Gasteiger partial charge in [0.25, 0.3) is 0 Å². The molecule has 0 fully saturated rings. The van der Waals surface area contributed by atoms with Crippen molar-refractivity contribution < 1.29 is 12.8 Å². The van der Waals surface area contributed by atoms with E-state index in [1.54, 1.807) is 6.26 Å². The average molecular weight is 436 g/mol. The Labute approximate surface area is 162 Å². The molecule has 0 radical (unpaired) electrons. The number of nitrogens with one attached hydrogen (secondary N) is 1. The van der Waals surface area contributed by atoms with Crippen molar-refractivity contribution in [1.82, 2.24) is 4.72 Å². The van der Waals surface area contributed by atoms with Gasteiger partial charge in [0.1, 0.15) is 5.58 Å². The normalized spacial score (nSPS) is 12.7. The zero-order valence-electron chi connectivity index (χ0n) is 15.3. The largest absolute Gasteiger partial charge is 0.463 e. The Kier molecular flexibility index (Phi) is 5.03. The zero-order chi connectivity index (χ0) is 19.1. The molecule has 2 aromatic carbocycles. The van der Waals surface area contributed by atoms with E-state index in [2.05, 4.69) is 53.6 Å². The molecule has 138 valence electrons. The minimum absolute atomic E-state index is 0.0294. The van der Waals surface area contributed by atoms with E-state index in [1.165, 1.54) is 0 Å². The second-order valence-electron chi connectivity index (χ2n) is 7.52. The molecule has 0 aliphatic heterocycles. The molecule has 1 heterocycles. The third-order valence-electron chi connectivity index (χ3n) is 4.25. The molecule has 1 aromatic heterocycles. The molecular formula is C20H22BrNO3S. The van der Waals surface area contributed by atoms with Gasteiger partial charge in [-0.15, -0.1) is 0 Å². The first-order chi connectivity index (χ1) is 12.0. The molecule has 26 heavy (non-hydrogen) atoms. The monoisotopic (exact) mass is 435 g/mol. The molecule has 0 atom stereocenters. The molecule has 0 aliphatic rings. The van der Waals surface area contributed by atoms with Crippen LogP contribution < -0.4 is 4.72 Å². The maximum Gasteiger partial charge on any atom is 0.209 e. The van der Waals surface area contributed by atoms with Crippen LogP contribution in [-0.4, -0.2) is 14.7 Å². The Morgan fingerprint density at radius 3 is 2.35 bits per heavy atom. The van der Waals surface area contributed by atoms with Crippen molar-refractivity contribution in [3.05, 3.63) is 58.3 Å². The summed E-state index contributed by atoms with van der Waals surface area (Å²) in [6.45, 7) is 6.78. The summed E-state index contributed by atoms with van der Waals surface area (Å²) in [7, 11) is -3.20. The van der Waals surface area contributed by atoms with Gasteiger partial charge in [0.05, 0.1) is 12.5 Å². The van der Waals surface area contributed by atoms with Gasteiger partial charge in [-0.25, -0.2) is 13.1 Å². The molecule has 4 nitrogen and oxygen atoms in total. The summed E-state index contributed by atoms with van der Waals surface area (Å²) in [6, 6.07) is 12.0. The molecule has 0 spiro atoms. The Bertz CT molecular complexity index is 1050. The number of sulfonamides is 1. The van der Waals surface area contributed by atoms with Crippen LogP contribution >= 0.6 is 15.9 Å². The van der Waals surface area contributed by atoms with Crippen LogP contribution in [0.25, 0.3) is 22.1 Å². The van der Waals surface area contributed by atoms with Crippen LogP contribution in [-0.2, 0) is 22.0 Å². The number of hydrogen-bond donors (Lipinski definition) is 1. The summed E-state index contributed by atoms with van der Waals surface area (Å²) < 4.78 is 31.9. The highest BCUT2D eigenvalue weighted by Crippen LogP contribution is 2.39. The molecule has 3 rings (SSSR count). The highest BCUT2D eigenvalue weighted by molar-refractivity contribution is 9.10. The lowest BCUT2D eigenvalue weighted by molar-refractivity contribution is 0.559. The summed E-state index contributed by atoms with van der Waals surface area (Å²) in [6.07, 6.45) is 2.94. The van der Waals surface area contributed by atoms with Gasteiger partial charge < -0.3 is 4.42 Å². The minimum atomic E-state index is -3.20. The summed E-state index contributed by atoms with van der Waals surface area (Å²) in [5, 5.41) is 1.06. The van der Waals surface area contributed by atoms with Crippen molar-refractivity contribution in [3.8, 4) is 11.1 Å². The zero-order valence-corrected chi connectivity index (χ0v) is 17.7. The van der Waals surface area contributed by atoms with Crippen LogP contribution in [0.3, 0.4) is 0 Å². The van der Waals surface area contributed by atoms with Crippen molar-refractivity contribution in [1.29, 1.82) is 0 Å². The fraction of sp³-hybridized carbons (Fsp3) is 0.300. The summed E-state index contributed by atoms with van der Waals surface area (Å²) >= 11 is 3.61. The Morgan fingerprint density at radius 1 is 1.12 bits per heavy atom. The van der Waals surface area contributed by atoms with Crippen LogP contribution in [0.2, 0.25) is 0 Å². The molecule has 0 aliphatic carbocycles. The van der Waals surface area contributed by atoms with Gasteiger partial charge >= 0.3 is 0 Å². The van der Waals surface area contributed by atoms with Gasteiger partial charge in [0.15, 0.2) is 0 Å². The van der Waals surface area contributed by atoms with Gasteiger partial charge in [-0.3, -0.25) is 0 Å². The number of hydrogen-bond acceptors (Lipinski definition) is 3. The molecule has 0 bridgehead atoms. The van der Waals surface area contributed by atoms with Gasteiger partial charge in [0, 0.05) is 27.5 Å². The fourth-order valence-corrected chi connectivity index (χ4v) is 3.79. The number of fused-ring (bicyclic) bond motifs is 1. The Morgan fingerprint density at radius 2 is 1.77 bits per heavy atom. The van der Waals surface area contributed by atoms with Crippen molar-refractivity contribution in [2.45, 2.75) is 32.7 Å². The predicted molar refractivity (Wildman–Crippen MR) is 110 cm³/mol. The molecule has 6 heteroatoms. The van der Waals surface area contributed by atoms with E-state index in [4.69, 9.17) is 4.42 Å². The summed E-state index contributed by atoms with van der Waals surface area (Å²) in [5.41, 5.74) is 4.99. The van der Waals surface area contributed by atoms with Gasteiger partial charge in [0.2, 0.25) is 10.0 Å². The molecular weight excluding hydrogens is 414 g/mol. The molecule has 1 N–H and O–H groups in total. The topological polar surface area (TPSA) is 59.3 Å². The average Bonchev–Trinajstić information content (AvgIpc) is 2.94. The summed E-state index contributed by atoms with van der Waals surface area (Å²) in [5.74, 6) is 0. The van der Waals surface area contributed by atoms with E-state index < -0.39 is 10.0 Å². The Hall–Kier alpha value is -1.63. The van der Waals surface area contributed by atoms with E-state index in [0.29, 0.717) is 0 Å².